The van der Waals surface area contributed by atoms with Gasteiger partial charge in [-0.2, -0.15) is 0 Å². The summed E-state index contributed by atoms with van der Waals surface area (Å²) in [5, 5.41) is 5.99. The van der Waals surface area contributed by atoms with Crippen LogP contribution in [0.5, 0.6) is 0 Å². The van der Waals surface area contributed by atoms with Gasteiger partial charge in [0.25, 0.3) is 0 Å². The maximum atomic E-state index is 11.9. The van der Waals surface area contributed by atoms with Gasteiger partial charge in [0.1, 0.15) is 0 Å². The number of amides is 1. The van der Waals surface area contributed by atoms with Crippen LogP contribution in [0.3, 0.4) is 0 Å². The summed E-state index contributed by atoms with van der Waals surface area (Å²) in [6.07, 6.45) is 4.71. The molecule has 1 N–H and O–H groups in total. The SMILES string of the molecule is O=C(Cc1ccccc1)NCCc1nc(-c2cccnc2)cs1. The molecule has 2 aromatic heterocycles. The smallest absolute Gasteiger partial charge is 0.224 e. The lowest BCUT2D eigenvalue weighted by Gasteiger charge is -2.04. The molecule has 3 rings (SSSR count). The standard InChI is InChI=1S/C18H17N3OS/c22-17(11-14-5-2-1-3-6-14)20-10-8-18-21-16(13-23-18)15-7-4-9-19-12-15/h1-7,9,12-13H,8,10-11H2,(H,20,22). The average molecular weight is 323 g/mol. The van der Waals surface area contributed by atoms with Gasteiger partial charge in [0.15, 0.2) is 0 Å². The van der Waals surface area contributed by atoms with E-state index in [0.717, 1.165) is 28.2 Å². The third-order valence-electron chi connectivity index (χ3n) is 3.38. The van der Waals surface area contributed by atoms with E-state index in [1.54, 1.807) is 23.7 Å². The van der Waals surface area contributed by atoms with Crippen molar-refractivity contribution in [3.8, 4) is 11.3 Å². The second kappa shape index (κ2) is 7.65. The van der Waals surface area contributed by atoms with Crippen molar-refractivity contribution in [1.82, 2.24) is 15.3 Å². The lowest BCUT2D eigenvalue weighted by molar-refractivity contribution is -0.120. The molecule has 23 heavy (non-hydrogen) atoms. The number of hydrogen-bond acceptors (Lipinski definition) is 4. The van der Waals surface area contributed by atoms with E-state index in [2.05, 4.69) is 15.3 Å². The molecule has 116 valence electrons. The molecular formula is C18H17N3OS. The zero-order valence-electron chi connectivity index (χ0n) is 12.6. The highest BCUT2D eigenvalue weighted by molar-refractivity contribution is 7.09. The van der Waals surface area contributed by atoms with Gasteiger partial charge >= 0.3 is 0 Å². The quantitative estimate of drug-likeness (QED) is 0.758. The Morgan fingerprint density at radius 1 is 1.13 bits per heavy atom. The highest BCUT2D eigenvalue weighted by Crippen LogP contribution is 2.20. The lowest BCUT2D eigenvalue weighted by atomic mass is 10.1. The number of benzene rings is 1. The van der Waals surface area contributed by atoms with Gasteiger partial charge in [-0.05, 0) is 17.7 Å². The Kier molecular flexibility index (Phi) is 5.11. The normalized spacial score (nSPS) is 10.4. The molecule has 0 aliphatic heterocycles. The summed E-state index contributed by atoms with van der Waals surface area (Å²) in [5.74, 6) is 0.0419. The van der Waals surface area contributed by atoms with Gasteiger partial charge < -0.3 is 5.32 Å². The first-order valence-electron chi connectivity index (χ1n) is 7.47. The number of aromatic nitrogens is 2. The molecule has 0 unspecified atom stereocenters. The van der Waals surface area contributed by atoms with E-state index in [1.807, 2.05) is 47.8 Å². The van der Waals surface area contributed by atoms with E-state index < -0.39 is 0 Å². The Morgan fingerprint density at radius 2 is 2.00 bits per heavy atom. The van der Waals surface area contributed by atoms with Crippen LogP contribution in [0.1, 0.15) is 10.6 Å². The summed E-state index contributed by atoms with van der Waals surface area (Å²) < 4.78 is 0. The molecule has 0 saturated carbocycles. The van der Waals surface area contributed by atoms with E-state index in [9.17, 15) is 4.79 Å². The highest BCUT2D eigenvalue weighted by atomic mass is 32.1. The molecule has 5 heteroatoms. The summed E-state index contributed by atoms with van der Waals surface area (Å²) in [5.41, 5.74) is 2.98. The molecule has 0 saturated heterocycles. The van der Waals surface area contributed by atoms with Crippen molar-refractivity contribution in [2.45, 2.75) is 12.8 Å². The van der Waals surface area contributed by atoms with Crippen LogP contribution in [0.2, 0.25) is 0 Å². The molecule has 4 nitrogen and oxygen atoms in total. The van der Waals surface area contributed by atoms with Crippen molar-refractivity contribution in [2.75, 3.05) is 6.54 Å². The molecule has 0 aliphatic carbocycles. The van der Waals surface area contributed by atoms with E-state index in [-0.39, 0.29) is 5.91 Å². The predicted molar refractivity (Wildman–Crippen MR) is 92.2 cm³/mol. The number of rotatable bonds is 6. The van der Waals surface area contributed by atoms with Gasteiger partial charge in [0.2, 0.25) is 5.91 Å². The number of carbonyl (C=O) groups excluding carboxylic acids is 1. The molecule has 0 fully saturated rings. The number of thiazole rings is 1. The van der Waals surface area contributed by atoms with Crippen molar-refractivity contribution in [3.05, 3.63) is 70.8 Å². The van der Waals surface area contributed by atoms with Crippen LogP contribution in [0.25, 0.3) is 11.3 Å². The summed E-state index contributed by atoms with van der Waals surface area (Å²) in [7, 11) is 0. The zero-order valence-corrected chi connectivity index (χ0v) is 13.4. The van der Waals surface area contributed by atoms with Gasteiger partial charge in [-0.3, -0.25) is 9.78 Å². The van der Waals surface area contributed by atoms with Crippen LogP contribution in [-0.4, -0.2) is 22.4 Å². The van der Waals surface area contributed by atoms with E-state index in [4.69, 9.17) is 0 Å². The first-order chi connectivity index (χ1) is 11.3. The fourth-order valence-electron chi connectivity index (χ4n) is 2.23. The van der Waals surface area contributed by atoms with E-state index in [0.29, 0.717) is 13.0 Å². The van der Waals surface area contributed by atoms with Gasteiger partial charge in [0, 0.05) is 36.3 Å². The lowest BCUT2D eigenvalue weighted by Crippen LogP contribution is -2.27. The summed E-state index contributed by atoms with van der Waals surface area (Å²) in [4.78, 5) is 20.6. The van der Waals surface area contributed by atoms with Crippen LogP contribution in [0.4, 0.5) is 0 Å². The molecule has 0 radical (unpaired) electrons. The molecular weight excluding hydrogens is 306 g/mol. The molecule has 0 spiro atoms. The zero-order chi connectivity index (χ0) is 15.9. The molecule has 1 amide bonds. The molecule has 0 aliphatic rings. The van der Waals surface area contributed by atoms with Crippen molar-refractivity contribution >= 4 is 17.2 Å². The van der Waals surface area contributed by atoms with Gasteiger partial charge in [-0.15, -0.1) is 11.3 Å². The Labute approximate surface area is 139 Å². The van der Waals surface area contributed by atoms with E-state index >= 15 is 0 Å². The van der Waals surface area contributed by atoms with Gasteiger partial charge in [0.05, 0.1) is 17.1 Å². The number of pyridine rings is 1. The first-order valence-corrected chi connectivity index (χ1v) is 8.34. The van der Waals surface area contributed by atoms with Crippen LogP contribution < -0.4 is 5.32 Å². The first kappa shape index (κ1) is 15.4. The average Bonchev–Trinajstić information content (AvgIpc) is 3.05. The van der Waals surface area contributed by atoms with Crippen molar-refractivity contribution < 1.29 is 4.79 Å². The molecule has 2 heterocycles. The van der Waals surface area contributed by atoms with Crippen molar-refractivity contribution in [1.29, 1.82) is 0 Å². The minimum absolute atomic E-state index is 0.0419. The fourth-order valence-corrected chi connectivity index (χ4v) is 3.03. The second-order valence-electron chi connectivity index (χ2n) is 5.13. The third-order valence-corrected chi connectivity index (χ3v) is 4.29. The number of hydrogen-bond donors (Lipinski definition) is 1. The highest BCUT2D eigenvalue weighted by Gasteiger charge is 2.06. The Bertz CT molecular complexity index is 756. The van der Waals surface area contributed by atoms with Crippen molar-refractivity contribution in [2.24, 2.45) is 0 Å². The summed E-state index contributed by atoms with van der Waals surface area (Å²) >= 11 is 1.61. The Hall–Kier alpha value is -2.53. The molecule has 3 aromatic rings. The van der Waals surface area contributed by atoms with Crippen LogP contribution >= 0.6 is 11.3 Å². The fraction of sp³-hybridized carbons (Fsp3) is 0.167. The van der Waals surface area contributed by atoms with Crippen LogP contribution in [0.15, 0.2) is 60.2 Å². The van der Waals surface area contributed by atoms with Crippen LogP contribution in [0, 0.1) is 0 Å². The number of carbonyl (C=O) groups is 1. The van der Waals surface area contributed by atoms with E-state index in [1.165, 1.54) is 0 Å². The minimum atomic E-state index is 0.0419. The molecule has 0 bridgehead atoms. The minimum Gasteiger partial charge on any atom is -0.355 e. The number of nitrogens with zero attached hydrogens (tertiary/aromatic N) is 2. The topological polar surface area (TPSA) is 54.9 Å². The Balaban J connectivity index is 1.48. The van der Waals surface area contributed by atoms with Gasteiger partial charge in [-0.1, -0.05) is 30.3 Å². The largest absolute Gasteiger partial charge is 0.355 e. The third kappa shape index (κ3) is 4.47. The number of nitrogens with one attached hydrogen (secondary N) is 1. The predicted octanol–water partition coefficient (Wildman–Crippen LogP) is 3.11. The van der Waals surface area contributed by atoms with Crippen LogP contribution in [-0.2, 0) is 17.6 Å². The van der Waals surface area contributed by atoms with Crippen molar-refractivity contribution in [3.63, 3.8) is 0 Å². The summed E-state index contributed by atoms with van der Waals surface area (Å²) in [6.45, 7) is 0.603. The second-order valence-corrected chi connectivity index (χ2v) is 6.07. The monoisotopic (exact) mass is 323 g/mol. The summed E-state index contributed by atoms with van der Waals surface area (Å²) in [6, 6.07) is 13.6. The van der Waals surface area contributed by atoms with Gasteiger partial charge in [-0.25, -0.2) is 4.98 Å². The maximum absolute atomic E-state index is 11.9. The maximum Gasteiger partial charge on any atom is 0.224 e. The Morgan fingerprint density at radius 3 is 2.78 bits per heavy atom. The molecule has 1 aromatic carbocycles. The molecule has 0 atom stereocenters.